The van der Waals surface area contributed by atoms with E-state index in [-0.39, 0.29) is 10.6 Å². The van der Waals surface area contributed by atoms with Gasteiger partial charge in [-0.3, -0.25) is 10.1 Å². The van der Waals surface area contributed by atoms with Gasteiger partial charge in [-0.05, 0) is 18.8 Å². The molecule has 1 aromatic heterocycles. The Morgan fingerprint density at radius 2 is 2.16 bits per heavy atom. The molecule has 1 aromatic rings. The van der Waals surface area contributed by atoms with Gasteiger partial charge in [0.05, 0.1) is 17.1 Å². The fourth-order valence-corrected chi connectivity index (χ4v) is 2.47. The molecule has 6 heteroatoms. The second kappa shape index (κ2) is 5.86. The molecule has 1 aliphatic rings. The third kappa shape index (κ3) is 3.13. The van der Waals surface area contributed by atoms with Gasteiger partial charge in [0.25, 0.3) is 5.69 Å². The average molecular weight is 264 g/mol. The Hall–Kier alpha value is -1.85. The van der Waals surface area contributed by atoms with Gasteiger partial charge in [0.1, 0.15) is 11.6 Å². The molecule has 0 atom stereocenters. The maximum Gasteiger partial charge on any atom is 0.276 e. The van der Waals surface area contributed by atoms with Crippen molar-refractivity contribution in [2.24, 2.45) is 5.92 Å². The first-order valence-corrected chi connectivity index (χ1v) is 6.73. The van der Waals surface area contributed by atoms with Crippen LogP contribution < -0.4 is 10.2 Å². The Kier molecular flexibility index (Phi) is 4.19. The van der Waals surface area contributed by atoms with Gasteiger partial charge in [0.2, 0.25) is 0 Å². The average Bonchev–Trinajstić information content (AvgIpc) is 2.46. The van der Waals surface area contributed by atoms with Crippen LogP contribution >= 0.6 is 0 Å². The SMILES string of the molecule is CCC1CCN(c2cc([N+](=O)[O-])cc(NC)n2)CC1. The quantitative estimate of drug-likeness (QED) is 0.668. The molecule has 0 amide bonds. The van der Waals surface area contributed by atoms with E-state index in [9.17, 15) is 10.1 Å². The highest BCUT2D eigenvalue weighted by Gasteiger charge is 2.21. The van der Waals surface area contributed by atoms with Crippen molar-refractivity contribution in [1.82, 2.24) is 4.98 Å². The van der Waals surface area contributed by atoms with Crippen LogP contribution in [0.25, 0.3) is 0 Å². The van der Waals surface area contributed by atoms with Gasteiger partial charge in [-0.2, -0.15) is 0 Å². The standard InChI is InChI=1S/C13H20N4O2/c1-3-10-4-6-16(7-5-10)13-9-11(17(18)19)8-12(14-2)15-13/h8-10H,3-7H2,1-2H3,(H,14,15). The minimum absolute atomic E-state index is 0.0898. The van der Waals surface area contributed by atoms with Gasteiger partial charge in [-0.15, -0.1) is 0 Å². The topological polar surface area (TPSA) is 71.3 Å². The van der Waals surface area contributed by atoms with Crippen molar-refractivity contribution in [3.63, 3.8) is 0 Å². The predicted molar refractivity (Wildman–Crippen MR) is 75.7 cm³/mol. The number of pyridine rings is 1. The van der Waals surface area contributed by atoms with E-state index in [1.807, 2.05) is 0 Å². The van der Waals surface area contributed by atoms with Crippen molar-refractivity contribution < 1.29 is 4.92 Å². The first kappa shape index (κ1) is 13.6. The Morgan fingerprint density at radius 1 is 1.47 bits per heavy atom. The van der Waals surface area contributed by atoms with Gasteiger partial charge in [-0.25, -0.2) is 4.98 Å². The summed E-state index contributed by atoms with van der Waals surface area (Å²) < 4.78 is 0. The van der Waals surface area contributed by atoms with Crippen LogP contribution in [0.5, 0.6) is 0 Å². The number of nitrogens with zero attached hydrogens (tertiary/aromatic N) is 3. The summed E-state index contributed by atoms with van der Waals surface area (Å²) in [6, 6.07) is 3.02. The Morgan fingerprint density at radius 3 is 2.68 bits per heavy atom. The largest absolute Gasteiger partial charge is 0.373 e. The lowest BCUT2D eigenvalue weighted by molar-refractivity contribution is -0.384. The van der Waals surface area contributed by atoms with E-state index >= 15 is 0 Å². The summed E-state index contributed by atoms with van der Waals surface area (Å²) in [6.07, 6.45) is 3.48. The summed E-state index contributed by atoms with van der Waals surface area (Å²) in [5.74, 6) is 2.02. The van der Waals surface area contributed by atoms with Gasteiger partial charge in [0, 0.05) is 20.1 Å². The molecule has 1 N–H and O–H groups in total. The van der Waals surface area contributed by atoms with E-state index in [2.05, 4.69) is 22.1 Å². The summed E-state index contributed by atoms with van der Waals surface area (Å²) in [5, 5.41) is 13.8. The molecule has 0 aliphatic carbocycles. The van der Waals surface area contributed by atoms with Crippen molar-refractivity contribution >= 4 is 17.3 Å². The summed E-state index contributed by atoms with van der Waals surface area (Å²) in [7, 11) is 1.72. The molecule has 6 nitrogen and oxygen atoms in total. The zero-order valence-electron chi connectivity index (χ0n) is 11.4. The van der Waals surface area contributed by atoms with Crippen molar-refractivity contribution in [2.45, 2.75) is 26.2 Å². The van der Waals surface area contributed by atoms with Gasteiger partial charge in [-0.1, -0.05) is 13.3 Å². The molecule has 0 unspecified atom stereocenters. The van der Waals surface area contributed by atoms with Gasteiger partial charge in [0.15, 0.2) is 0 Å². The molecule has 104 valence electrons. The van der Waals surface area contributed by atoms with Crippen molar-refractivity contribution in [1.29, 1.82) is 0 Å². The summed E-state index contributed by atoms with van der Waals surface area (Å²) in [6.45, 7) is 4.07. The number of nitro groups is 1. The second-order valence-corrected chi connectivity index (χ2v) is 4.91. The predicted octanol–water partition coefficient (Wildman–Crippen LogP) is 2.66. The number of hydrogen-bond donors (Lipinski definition) is 1. The molecular weight excluding hydrogens is 244 g/mol. The zero-order valence-corrected chi connectivity index (χ0v) is 11.4. The molecule has 0 spiro atoms. The molecule has 19 heavy (non-hydrogen) atoms. The molecule has 0 aromatic carbocycles. The van der Waals surface area contributed by atoms with E-state index < -0.39 is 0 Å². The highest BCUT2D eigenvalue weighted by Crippen LogP contribution is 2.27. The number of piperidine rings is 1. The summed E-state index contributed by atoms with van der Waals surface area (Å²) in [4.78, 5) is 17.1. The van der Waals surface area contributed by atoms with E-state index in [0.29, 0.717) is 11.6 Å². The molecule has 2 heterocycles. The van der Waals surface area contributed by atoms with E-state index in [0.717, 1.165) is 31.8 Å². The molecule has 1 aliphatic heterocycles. The fourth-order valence-electron chi connectivity index (χ4n) is 2.47. The maximum absolute atomic E-state index is 10.9. The normalized spacial score (nSPS) is 16.4. The van der Waals surface area contributed by atoms with Crippen LogP contribution in [0, 0.1) is 16.0 Å². The fraction of sp³-hybridized carbons (Fsp3) is 0.615. The van der Waals surface area contributed by atoms with Crippen molar-refractivity contribution in [3.05, 3.63) is 22.2 Å². The smallest absolute Gasteiger partial charge is 0.276 e. The Balaban J connectivity index is 2.20. The molecule has 2 rings (SSSR count). The minimum Gasteiger partial charge on any atom is -0.373 e. The molecule has 0 radical (unpaired) electrons. The minimum atomic E-state index is -0.370. The highest BCUT2D eigenvalue weighted by atomic mass is 16.6. The van der Waals surface area contributed by atoms with Crippen LogP contribution in [-0.4, -0.2) is 30.0 Å². The lowest BCUT2D eigenvalue weighted by Crippen LogP contribution is -2.34. The molecule has 1 saturated heterocycles. The van der Waals surface area contributed by atoms with E-state index in [4.69, 9.17) is 0 Å². The number of anilines is 2. The van der Waals surface area contributed by atoms with Gasteiger partial charge < -0.3 is 10.2 Å². The second-order valence-electron chi connectivity index (χ2n) is 4.91. The maximum atomic E-state index is 10.9. The van der Waals surface area contributed by atoms with Crippen molar-refractivity contribution in [3.8, 4) is 0 Å². The summed E-state index contributed by atoms with van der Waals surface area (Å²) in [5.41, 5.74) is 0.0898. The third-order valence-electron chi connectivity index (χ3n) is 3.78. The van der Waals surface area contributed by atoms with E-state index in [1.165, 1.54) is 12.5 Å². The molecular formula is C13H20N4O2. The number of aromatic nitrogens is 1. The zero-order chi connectivity index (χ0) is 13.8. The van der Waals surface area contributed by atoms with Crippen LogP contribution in [0.1, 0.15) is 26.2 Å². The molecule has 0 bridgehead atoms. The van der Waals surface area contributed by atoms with Crippen molar-refractivity contribution in [2.75, 3.05) is 30.4 Å². The first-order valence-electron chi connectivity index (χ1n) is 6.73. The first-order chi connectivity index (χ1) is 9.13. The lowest BCUT2D eigenvalue weighted by Gasteiger charge is -2.32. The third-order valence-corrected chi connectivity index (χ3v) is 3.78. The lowest BCUT2D eigenvalue weighted by atomic mass is 9.94. The van der Waals surface area contributed by atoms with Crippen LogP contribution in [0.3, 0.4) is 0 Å². The van der Waals surface area contributed by atoms with Crippen LogP contribution in [0.2, 0.25) is 0 Å². The Bertz CT molecular complexity index is 456. The Labute approximate surface area is 113 Å². The van der Waals surface area contributed by atoms with Crippen LogP contribution in [0.4, 0.5) is 17.3 Å². The number of hydrogen-bond acceptors (Lipinski definition) is 5. The number of nitrogens with one attached hydrogen (secondary N) is 1. The van der Waals surface area contributed by atoms with Crippen LogP contribution in [0.15, 0.2) is 12.1 Å². The summed E-state index contributed by atoms with van der Waals surface area (Å²) >= 11 is 0. The number of rotatable bonds is 4. The molecule has 0 saturated carbocycles. The van der Waals surface area contributed by atoms with E-state index in [1.54, 1.807) is 13.1 Å². The monoisotopic (exact) mass is 264 g/mol. The van der Waals surface area contributed by atoms with Gasteiger partial charge >= 0.3 is 0 Å². The van der Waals surface area contributed by atoms with Crippen LogP contribution in [-0.2, 0) is 0 Å². The highest BCUT2D eigenvalue weighted by molar-refractivity contribution is 5.55. The molecule has 1 fully saturated rings.